The van der Waals surface area contributed by atoms with Crippen LogP contribution in [0.1, 0.15) is 5.56 Å². The highest BCUT2D eigenvalue weighted by Gasteiger charge is 2.39. The summed E-state index contributed by atoms with van der Waals surface area (Å²) in [5.74, 6) is 0. The predicted molar refractivity (Wildman–Crippen MR) is 53.2 cm³/mol. The van der Waals surface area contributed by atoms with Crippen LogP contribution in [0, 0.1) is 0 Å². The van der Waals surface area contributed by atoms with Crippen molar-refractivity contribution in [1.29, 1.82) is 0 Å². The predicted octanol–water partition coefficient (Wildman–Crippen LogP) is 1.21. The van der Waals surface area contributed by atoms with E-state index in [0.29, 0.717) is 6.54 Å². The smallest absolute Gasteiger partial charge is 0.410 e. The Hall–Kier alpha value is -1.84. The van der Waals surface area contributed by atoms with Crippen LogP contribution in [0.2, 0.25) is 0 Å². The van der Waals surface area contributed by atoms with E-state index in [1.54, 1.807) is 0 Å². The Morgan fingerprint density at radius 1 is 1.47 bits per heavy atom. The fourth-order valence-corrected chi connectivity index (χ4v) is 1.28. The molecule has 4 heteroatoms. The van der Waals surface area contributed by atoms with Gasteiger partial charge >= 0.3 is 6.09 Å². The number of hydrogen-bond donors (Lipinski definition) is 0. The Kier molecular flexibility index (Phi) is 2.67. The van der Waals surface area contributed by atoms with Crippen molar-refractivity contribution in [3.8, 4) is 0 Å². The molecular weight excluding hydrogens is 194 g/mol. The first-order valence-corrected chi connectivity index (χ1v) is 4.74. The second-order valence-electron chi connectivity index (χ2n) is 3.40. The molecular formula is C11H11NO3. The third-order valence-corrected chi connectivity index (χ3v) is 2.25. The number of amides is 1. The molecule has 1 aliphatic heterocycles. The molecule has 0 aromatic heterocycles. The van der Waals surface area contributed by atoms with Gasteiger partial charge in [-0.15, -0.1) is 0 Å². The molecule has 1 amide bonds. The SMILES string of the molecule is O=C[C@H]1CN1C(=O)OCc1ccccc1. The Balaban J connectivity index is 1.79. The molecule has 2 rings (SSSR count). The van der Waals surface area contributed by atoms with Gasteiger partial charge in [-0.3, -0.25) is 4.90 Å². The molecule has 0 saturated carbocycles. The van der Waals surface area contributed by atoms with Crippen LogP contribution in [-0.4, -0.2) is 29.9 Å². The van der Waals surface area contributed by atoms with E-state index < -0.39 is 6.09 Å². The van der Waals surface area contributed by atoms with Crippen molar-refractivity contribution < 1.29 is 14.3 Å². The second kappa shape index (κ2) is 4.13. The maximum absolute atomic E-state index is 11.3. The minimum absolute atomic E-state index is 0.252. The lowest BCUT2D eigenvalue weighted by Gasteiger charge is -2.04. The highest BCUT2D eigenvalue weighted by Crippen LogP contribution is 2.16. The average Bonchev–Trinajstić information content (AvgIpc) is 3.06. The summed E-state index contributed by atoms with van der Waals surface area (Å²) < 4.78 is 5.01. The monoisotopic (exact) mass is 205 g/mol. The molecule has 4 nitrogen and oxygen atoms in total. The van der Waals surface area contributed by atoms with Crippen LogP contribution >= 0.6 is 0 Å². The molecule has 0 radical (unpaired) electrons. The van der Waals surface area contributed by atoms with Crippen LogP contribution in [0.3, 0.4) is 0 Å². The number of aldehydes is 1. The molecule has 0 unspecified atom stereocenters. The van der Waals surface area contributed by atoms with Gasteiger partial charge in [0.25, 0.3) is 0 Å². The highest BCUT2D eigenvalue weighted by atomic mass is 16.6. The van der Waals surface area contributed by atoms with Gasteiger partial charge in [0.05, 0.1) is 6.54 Å². The summed E-state index contributed by atoms with van der Waals surface area (Å²) in [6, 6.07) is 9.16. The maximum atomic E-state index is 11.3. The van der Waals surface area contributed by atoms with Gasteiger partial charge in [-0.2, -0.15) is 0 Å². The molecule has 0 bridgehead atoms. The number of rotatable bonds is 3. The van der Waals surface area contributed by atoms with E-state index in [9.17, 15) is 9.59 Å². The minimum atomic E-state index is -0.420. The summed E-state index contributed by atoms with van der Waals surface area (Å²) >= 11 is 0. The van der Waals surface area contributed by atoms with Gasteiger partial charge in [0.1, 0.15) is 18.9 Å². The van der Waals surface area contributed by atoms with E-state index >= 15 is 0 Å². The lowest BCUT2D eigenvalue weighted by molar-refractivity contribution is -0.108. The Bertz CT molecular complexity index is 363. The lowest BCUT2D eigenvalue weighted by Crippen LogP contribution is -2.15. The number of carbonyl (C=O) groups is 2. The molecule has 1 aromatic carbocycles. The molecule has 1 heterocycles. The molecule has 1 aromatic rings. The van der Waals surface area contributed by atoms with Gasteiger partial charge in [-0.05, 0) is 5.56 Å². The van der Waals surface area contributed by atoms with E-state index in [1.165, 1.54) is 4.90 Å². The molecule has 1 saturated heterocycles. The van der Waals surface area contributed by atoms with E-state index in [1.807, 2.05) is 30.3 Å². The van der Waals surface area contributed by atoms with Crippen molar-refractivity contribution in [2.24, 2.45) is 0 Å². The summed E-state index contributed by atoms with van der Waals surface area (Å²) in [6.07, 6.45) is 0.333. The third kappa shape index (κ3) is 2.34. The van der Waals surface area contributed by atoms with E-state index in [4.69, 9.17) is 4.74 Å². The van der Waals surface area contributed by atoms with Crippen molar-refractivity contribution in [2.75, 3.05) is 6.54 Å². The van der Waals surface area contributed by atoms with Gasteiger partial charge in [-0.25, -0.2) is 4.79 Å². The largest absolute Gasteiger partial charge is 0.445 e. The van der Waals surface area contributed by atoms with Crippen LogP contribution in [-0.2, 0) is 16.1 Å². The molecule has 78 valence electrons. The van der Waals surface area contributed by atoms with E-state index in [0.717, 1.165) is 11.8 Å². The van der Waals surface area contributed by atoms with Crippen molar-refractivity contribution in [1.82, 2.24) is 4.90 Å². The summed E-state index contributed by atoms with van der Waals surface area (Å²) in [6.45, 7) is 0.735. The highest BCUT2D eigenvalue weighted by molar-refractivity contribution is 5.79. The van der Waals surface area contributed by atoms with Crippen molar-refractivity contribution >= 4 is 12.4 Å². The molecule has 1 atom stereocenters. The van der Waals surface area contributed by atoms with Crippen molar-refractivity contribution in [3.63, 3.8) is 0 Å². The van der Waals surface area contributed by atoms with Crippen molar-refractivity contribution in [3.05, 3.63) is 35.9 Å². The van der Waals surface area contributed by atoms with Gasteiger partial charge in [0.2, 0.25) is 0 Å². The Morgan fingerprint density at radius 2 is 2.20 bits per heavy atom. The van der Waals surface area contributed by atoms with Crippen molar-refractivity contribution in [2.45, 2.75) is 12.6 Å². The van der Waals surface area contributed by atoms with Crippen LogP contribution in [0.15, 0.2) is 30.3 Å². The first-order chi connectivity index (χ1) is 7.31. The first-order valence-electron chi connectivity index (χ1n) is 4.74. The third-order valence-electron chi connectivity index (χ3n) is 2.25. The van der Waals surface area contributed by atoms with Crippen LogP contribution < -0.4 is 0 Å². The van der Waals surface area contributed by atoms with Crippen LogP contribution in [0.4, 0.5) is 4.79 Å². The van der Waals surface area contributed by atoms with Gasteiger partial charge in [0, 0.05) is 0 Å². The average molecular weight is 205 g/mol. The van der Waals surface area contributed by atoms with Gasteiger partial charge < -0.3 is 9.53 Å². The molecule has 0 spiro atoms. The minimum Gasteiger partial charge on any atom is -0.445 e. The number of ether oxygens (including phenoxy) is 1. The summed E-state index contributed by atoms with van der Waals surface area (Å²) in [4.78, 5) is 23.0. The molecule has 0 N–H and O–H groups in total. The molecule has 1 fully saturated rings. The number of nitrogens with zero attached hydrogens (tertiary/aromatic N) is 1. The fourth-order valence-electron chi connectivity index (χ4n) is 1.28. The van der Waals surface area contributed by atoms with Gasteiger partial charge in [0.15, 0.2) is 0 Å². The van der Waals surface area contributed by atoms with Crippen LogP contribution in [0.5, 0.6) is 0 Å². The first kappa shape index (κ1) is 9.71. The standard InChI is InChI=1S/C11H11NO3/c13-7-10-6-12(10)11(14)15-8-9-4-2-1-3-5-9/h1-5,7,10H,6,8H2/t10-,12?/m1/s1. The zero-order valence-electron chi connectivity index (χ0n) is 8.13. The normalized spacial score (nSPS) is 18.4. The molecule has 0 aliphatic carbocycles. The summed E-state index contributed by atoms with van der Waals surface area (Å²) in [5, 5.41) is 0. The summed E-state index contributed by atoms with van der Waals surface area (Å²) in [5.41, 5.74) is 0.940. The number of carbonyl (C=O) groups excluding carboxylic acids is 2. The van der Waals surface area contributed by atoms with Crippen LogP contribution in [0.25, 0.3) is 0 Å². The topological polar surface area (TPSA) is 46.4 Å². The zero-order chi connectivity index (χ0) is 10.7. The fraction of sp³-hybridized carbons (Fsp3) is 0.273. The number of hydrogen-bond acceptors (Lipinski definition) is 3. The Labute approximate surface area is 87.4 Å². The molecule has 15 heavy (non-hydrogen) atoms. The molecule has 1 aliphatic rings. The summed E-state index contributed by atoms with van der Waals surface area (Å²) in [7, 11) is 0. The maximum Gasteiger partial charge on any atom is 0.410 e. The van der Waals surface area contributed by atoms with E-state index in [2.05, 4.69) is 0 Å². The number of benzene rings is 1. The zero-order valence-corrected chi connectivity index (χ0v) is 8.13. The lowest BCUT2D eigenvalue weighted by atomic mass is 10.2. The Morgan fingerprint density at radius 3 is 2.80 bits per heavy atom. The van der Waals surface area contributed by atoms with E-state index in [-0.39, 0.29) is 12.6 Å². The quantitative estimate of drug-likeness (QED) is 0.550. The second-order valence-corrected chi connectivity index (χ2v) is 3.40. The van der Waals surface area contributed by atoms with Gasteiger partial charge in [-0.1, -0.05) is 30.3 Å².